The monoisotopic (exact) mass is 284 g/mol. The summed E-state index contributed by atoms with van der Waals surface area (Å²) in [4.78, 5) is 12.1. The number of carbonyl (C=O) groups excluding carboxylic acids is 1. The molecule has 0 aromatic heterocycles. The van der Waals surface area contributed by atoms with Crippen LogP contribution in [-0.2, 0) is 11.2 Å². The quantitative estimate of drug-likeness (QED) is 0.857. The van der Waals surface area contributed by atoms with Crippen LogP contribution in [0.2, 0.25) is 0 Å². The fourth-order valence-electron chi connectivity index (χ4n) is 2.03. The summed E-state index contributed by atoms with van der Waals surface area (Å²) in [6, 6.07) is 16.4. The number of rotatable bonds is 6. The van der Waals surface area contributed by atoms with Crippen molar-refractivity contribution in [1.82, 2.24) is 0 Å². The maximum atomic E-state index is 12.1. The van der Waals surface area contributed by atoms with Crippen molar-refractivity contribution in [1.29, 1.82) is 0 Å². The molecule has 2 rings (SSSR count). The van der Waals surface area contributed by atoms with Crippen molar-refractivity contribution >= 4 is 11.6 Å². The molecule has 0 heterocycles. The fraction of sp³-hybridized carbons (Fsp3) is 0.235. The van der Waals surface area contributed by atoms with E-state index in [-0.39, 0.29) is 5.91 Å². The maximum absolute atomic E-state index is 12.1. The molecule has 2 aromatic carbocycles. The van der Waals surface area contributed by atoms with Gasteiger partial charge in [-0.2, -0.15) is 0 Å². The average Bonchev–Trinajstić information content (AvgIpc) is 2.49. The normalized spacial score (nSPS) is 11.7. The summed E-state index contributed by atoms with van der Waals surface area (Å²) in [6.45, 7) is 2.51. The van der Waals surface area contributed by atoms with E-state index < -0.39 is 6.04 Å². The Labute approximate surface area is 124 Å². The van der Waals surface area contributed by atoms with E-state index in [9.17, 15) is 4.79 Å². The maximum Gasteiger partial charge on any atom is 0.241 e. The molecule has 21 heavy (non-hydrogen) atoms. The molecule has 110 valence electrons. The molecule has 4 heteroatoms. The van der Waals surface area contributed by atoms with Gasteiger partial charge in [-0.3, -0.25) is 4.79 Å². The van der Waals surface area contributed by atoms with Crippen LogP contribution in [0.25, 0.3) is 0 Å². The Kier molecular flexibility index (Phi) is 5.35. The van der Waals surface area contributed by atoms with E-state index in [1.165, 1.54) is 0 Å². The number of hydrogen-bond donors (Lipinski definition) is 2. The predicted molar refractivity (Wildman–Crippen MR) is 84.4 cm³/mol. The minimum atomic E-state index is -0.580. The Hall–Kier alpha value is -2.33. The molecule has 0 aliphatic heterocycles. The van der Waals surface area contributed by atoms with Gasteiger partial charge < -0.3 is 15.8 Å². The summed E-state index contributed by atoms with van der Waals surface area (Å²) in [5, 5.41) is 2.82. The van der Waals surface area contributed by atoms with Crippen LogP contribution in [0.3, 0.4) is 0 Å². The van der Waals surface area contributed by atoms with E-state index in [0.717, 1.165) is 11.3 Å². The van der Waals surface area contributed by atoms with Crippen LogP contribution in [-0.4, -0.2) is 18.6 Å². The largest absolute Gasteiger partial charge is 0.494 e. The van der Waals surface area contributed by atoms with E-state index in [1.54, 1.807) is 6.07 Å². The summed E-state index contributed by atoms with van der Waals surface area (Å²) in [6.07, 6.45) is 0.512. The highest BCUT2D eigenvalue weighted by atomic mass is 16.5. The number of anilines is 1. The lowest BCUT2D eigenvalue weighted by Crippen LogP contribution is -2.37. The number of nitrogens with one attached hydrogen (secondary N) is 1. The molecule has 0 aliphatic carbocycles. The van der Waals surface area contributed by atoms with Gasteiger partial charge in [0.15, 0.2) is 0 Å². The molecular formula is C17H20N2O2. The van der Waals surface area contributed by atoms with Gasteiger partial charge in [-0.25, -0.2) is 0 Å². The standard InChI is InChI=1S/C17H20N2O2/c1-2-21-15-10-6-9-14(12-15)19-17(20)16(18)11-13-7-4-3-5-8-13/h3-10,12,16H,2,11,18H2,1H3,(H,19,20)/t16-/m0/s1. The molecule has 0 aliphatic rings. The molecule has 2 aromatic rings. The number of carbonyl (C=O) groups is 1. The van der Waals surface area contributed by atoms with Crippen LogP contribution in [0, 0.1) is 0 Å². The van der Waals surface area contributed by atoms with Crippen LogP contribution >= 0.6 is 0 Å². The van der Waals surface area contributed by atoms with Crippen molar-refractivity contribution in [3.05, 3.63) is 60.2 Å². The van der Waals surface area contributed by atoms with Gasteiger partial charge in [0.25, 0.3) is 0 Å². The van der Waals surface area contributed by atoms with Crippen molar-refractivity contribution < 1.29 is 9.53 Å². The zero-order valence-electron chi connectivity index (χ0n) is 12.1. The average molecular weight is 284 g/mol. The molecule has 0 spiro atoms. The van der Waals surface area contributed by atoms with Crippen molar-refractivity contribution in [2.75, 3.05) is 11.9 Å². The lowest BCUT2D eigenvalue weighted by Gasteiger charge is -2.13. The molecule has 0 bridgehead atoms. The van der Waals surface area contributed by atoms with Gasteiger partial charge >= 0.3 is 0 Å². The van der Waals surface area contributed by atoms with E-state index in [0.29, 0.717) is 18.7 Å². The minimum Gasteiger partial charge on any atom is -0.494 e. The molecular weight excluding hydrogens is 264 g/mol. The van der Waals surface area contributed by atoms with Crippen LogP contribution in [0.15, 0.2) is 54.6 Å². The number of amides is 1. The SMILES string of the molecule is CCOc1cccc(NC(=O)[C@@H](N)Cc2ccccc2)c1. The molecule has 3 N–H and O–H groups in total. The Morgan fingerprint density at radius 3 is 2.67 bits per heavy atom. The van der Waals surface area contributed by atoms with E-state index in [4.69, 9.17) is 10.5 Å². The number of hydrogen-bond acceptors (Lipinski definition) is 3. The second-order valence-electron chi connectivity index (χ2n) is 4.75. The first-order chi connectivity index (χ1) is 10.2. The second-order valence-corrected chi connectivity index (χ2v) is 4.75. The van der Waals surface area contributed by atoms with Gasteiger partial charge in [-0.15, -0.1) is 0 Å². The van der Waals surface area contributed by atoms with Crippen molar-refractivity contribution in [2.45, 2.75) is 19.4 Å². The van der Waals surface area contributed by atoms with Crippen molar-refractivity contribution in [2.24, 2.45) is 5.73 Å². The lowest BCUT2D eigenvalue weighted by molar-refractivity contribution is -0.117. The first-order valence-electron chi connectivity index (χ1n) is 7.02. The third-order valence-corrected chi connectivity index (χ3v) is 3.05. The smallest absolute Gasteiger partial charge is 0.241 e. The van der Waals surface area contributed by atoms with Gasteiger partial charge in [0.2, 0.25) is 5.91 Å². The van der Waals surface area contributed by atoms with E-state index in [2.05, 4.69) is 5.32 Å². The summed E-state index contributed by atoms with van der Waals surface area (Å²) in [5.41, 5.74) is 7.68. The van der Waals surface area contributed by atoms with Gasteiger partial charge in [-0.1, -0.05) is 36.4 Å². The molecule has 0 saturated carbocycles. The Morgan fingerprint density at radius 1 is 1.19 bits per heavy atom. The number of benzene rings is 2. The Bertz CT molecular complexity index is 584. The zero-order chi connectivity index (χ0) is 15.1. The molecule has 0 fully saturated rings. The highest BCUT2D eigenvalue weighted by molar-refractivity contribution is 5.95. The van der Waals surface area contributed by atoms with Crippen molar-refractivity contribution in [3.63, 3.8) is 0 Å². The molecule has 1 amide bonds. The van der Waals surface area contributed by atoms with Gasteiger partial charge in [0.05, 0.1) is 12.6 Å². The Morgan fingerprint density at radius 2 is 1.95 bits per heavy atom. The summed E-state index contributed by atoms with van der Waals surface area (Å²) >= 11 is 0. The molecule has 4 nitrogen and oxygen atoms in total. The van der Waals surface area contributed by atoms with E-state index in [1.807, 2.05) is 55.5 Å². The van der Waals surface area contributed by atoms with E-state index >= 15 is 0 Å². The first-order valence-corrected chi connectivity index (χ1v) is 7.02. The minimum absolute atomic E-state index is 0.201. The van der Waals surface area contributed by atoms with Crippen LogP contribution in [0.4, 0.5) is 5.69 Å². The second kappa shape index (κ2) is 7.45. The first kappa shape index (κ1) is 15.1. The number of ether oxygens (including phenoxy) is 1. The predicted octanol–water partition coefficient (Wildman–Crippen LogP) is 2.59. The van der Waals surface area contributed by atoms with Crippen molar-refractivity contribution in [3.8, 4) is 5.75 Å². The molecule has 1 atom stereocenters. The zero-order valence-corrected chi connectivity index (χ0v) is 12.1. The number of nitrogens with two attached hydrogens (primary N) is 1. The summed E-state index contributed by atoms with van der Waals surface area (Å²) in [5.74, 6) is 0.527. The molecule has 0 unspecified atom stereocenters. The highest BCUT2D eigenvalue weighted by Crippen LogP contribution is 2.17. The third kappa shape index (κ3) is 4.61. The summed E-state index contributed by atoms with van der Waals surface area (Å²) in [7, 11) is 0. The third-order valence-electron chi connectivity index (χ3n) is 3.05. The lowest BCUT2D eigenvalue weighted by atomic mass is 10.1. The van der Waals surface area contributed by atoms with Crippen LogP contribution in [0.5, 0.6) is 5.75 Å². The molecule has 0 saturated heterocycles. The van der Waals surface area contributed by atoms with Gasteiger partial charge in [0, 0.05) is 11.8 Å². The van der Waals surface area contributed by atoms with Gasteiger partial charge in [-0.05, 0) is 31.0 Å². The highest BCUT2D eigenvalue weighted by Gasteiger charge is 2.14. The fourth-order valence-corrected chi connectivity index (χ4v) is 2.03. The van der Waals surface area contributed by atoms with Gasteiger partial charge in [0.1, 0.15) is 5.75 Å². The Balaban J connectivity index is 1.95. The van der Waals surface area contributed by atoms with Crippen LogP contribution < -0.4 is 15.8 Å². The topological polar surface area (TPSA) is 64.3 Å². The molecule has 0 radical (unpaired) electrons. The summed E-state index contributed by atoms with van der Waals surface area (Å²) < 4.78 is 5.40. The van der Waals surface area contributed by atoms with Crippen LogP contribution in [0.1, 0.15) is 12.5 Å².